The lowest BCUT2D eigenvalue weighted by Crippen LogP contribution is -2.18. The molecule has 0 spiro atoms. The van der Waals surface area contributed by atoms with Crippen molar-refractivity contribution in [2.24, 2.45) is 5.41 Å². The van der Waals surface area contributed by atoms with E-state index in [-0.39, 0.29) is 5.41 Å². The van der Waals surface area contributed by atoms with Gasteiger partial charge in [0.15, 0.2) is 0 Å². The van der Waals surface area contributed by atoms with Gasteiger partial charge in [-0.3, -0.25) is 4.98 Å². The van der Waals surface area contributed by atoms with E-state index in [0.29, 0.717) is 0 Å². The van der Waals surface area contributed by atoms with Crippen molar-refractivity contribution in [2.75, 3.05) is 11.9 Å². The highest BCUT2D eigenvalue weighted by atomic mass is 14.9. The molecule has 0 radical (unpaired) electrons. The van der Waals surface area contributed by atoms with Crippen LogP contribution < -0.4 is 5.32 Å². The minimum Gasteiger partial charge on any atom is -0.384 e. The van der Waals surface area contributed by atoms with Gasteiger partial charge in [-0.1, -0.05) is 135 Å². The van der Waals surface area contributed by atoms with Gasteiger partial charge in [0.2, 0.25) is 0 Å². The number of allylic oxidation sites excluding steroid dienone is 1. The number of hydrogen-bond acceptors (Lipinski definition) is 2. The molecule has 1 N–H and O–H groups in total. The number of benzene rings is 1. The second kappa shape index (κ2) is 13.8. The summed E-state index contributed by atoms with van der Waals surface area (Å²) in [4.78, 5) is 5.00. The predicted molar refractivity (Wildman–Crippen MR) is 147 cm³/mol. The third-order valence-electron chi connectivity index (χ3n) is 7.17. The molecule has 33 heavy (non-hydrogen) atoms. The van der Waals surface area contributed by atoms with E-state index in [1.54, 1.807) is 0 Å². The topological polar surface area (TPSA) is 24.9 Å². The lowest BCUT2D eigenvalue weighted by atomic mass is 9.81. The van der Waals surface area contributed by atoms with E-state index in [1.165, 1.54) is 112 Å². The zero-order valence-corrected chi connectivity index (χ0v) is 21.7. The lowest BCUT2D eigenvalue weighted by Gasteiger charge is -2.27. The summed E-state index contributed by atoms with van der Waals surface area (Å²) in [6.45, 7) is 7.94. The van der Waals surface area contributed by atoms with Gasteiger partial charge in [0.05, 0.1) is 16.9 Å². The summed E-state index contributed by atoms with van der Waals surface area (Å²) < 4.78 is 0. The average molecular weight is 449 g/mol. The first-order valence-electron chi connectivity index (χ1n) is 14.0. The highest BCUT2D eigenvalue weighted by molar-refractivity contribution is 5.96. The molecule has 3 rings (SSSR count). The van der Waals surface area contributed by atoms with Crippen LogP contribution in [0.3, 0.4) is 0 Å². The molecule has 0 bridgehead atoms. The van der Waals surface area contributed by atoms with Crippen molar-refractivity contribution in [3.8, 4) is 0 Å². The third kappa shape index (κ3) is 8.47. The molecule has 1 heterocycles. The molecule has 0 atom stereocenters. The van der Waals surface area contributed by atoms with Crippen LogP contribution in [0.1, 0.15) is 122 Å². The smallest absolute Gasteiger partial charge is 0.0726 e. The van der Waals surface area contributed by atoms with Crippen LogP contribution in [-0.4, -0.2) is 11.5 Å². The van der Waals surface area contributed by atoms with E-state index in [1.807, 2.05) is 0 Å². The molecule has 0 saturated carbocycles. The first kappa shape index (κ1) is 25.8. The normalized spacial score (nSPS) is 14.5. The van der Waals surface area contributed by atoms with Crippen LogP contribution in [0.5, 0.6) is 0 Å². The van der Waals surface area contributed by atoms with E-state index in [4.69, 9.17) is 4.98 Å². The molecule has 0 saturated heterocycles. The van der Waals surface area contributed by atoms with Crippen LogP contribution in [-0.2, 0) is 6.42 Å². The Kier molecular flexibility index (Phi) is 10.8. The summed E-state index contributed by atoms with van der Waals surface area (Å²) >= 11 is 0. The Morgan fingerprint density at radius 1 is 0.788 bits per heavy atom. The SMILES string of the molecule is CCCCCCCCCCCCCCCCNc1c2c(nc3ccccc13)CC(C)(C)C=C2. The number of rotatable bonds is 16. The van der Waals surface area contributed by atoms with Crippen molar-refractivity contribution in [2.45, 2.75) is 117 Å². The maximum absolute atomic E-state index is 5.00. The van der Waals surface area contributed by atoms with Gasteiger partial charge in [0, 0.05) is 17.5 Å². The fourth-order valence-electron chi connectivity index (χ4n) is 5.11. The zero-order valence-electron chi connectivity index (χ0n) is 21.7. The molecule has 0 unspecified atom stereocenters. The maximum atomic E-state index is 5.00. The summed E-state index contributed by atoms with van der Waals surface area (Å²) in [5.74, 6) is 0. The number of aromatic nitrogens is 1. The van der Waals surface area contributed by atoms with Gasteiger partial charge in [-0.2, -0.15) is 0 Å². The van der Waals surface area contributed by atoms with Gasteiger partial charge in [-0.05, 0) is 24.3 Å². The number of nitrogens with zero attached hydrogens (tertiary/aromatic N) is 1. The van der Waals surface area contributed by atoms with Crippen LogP contribution in [0.2, 0.25) is 0 Å². The van der Waals surface area contributed by atoms with Crippen LogP contribution >= 0.6 is 0 Å². The first-order valence-corrected chi connectivity index (χ1v) is 14.0. The summed E-state index contributed by atoms with van der Waals surface area (Å²) in [7, 11) is 0. The molecule has 2 heteroatoms. The van der Waals surface area contributed by atoms with Gasteiger partial charge in [-0.25, -0.2) is 0 Å². The van der Waals surface area contributed by atoms with Crippen LogP contribution in [0.25, 0.3) is 17.0 Å². The minimum atomic E-state index is 0.189. The molecule has 182 valence electrons. The highest BCUT2D eigenvalue weighted by Crippen LogP contribution is 2.37. The number of anilines is 1. The second-order valence-electron chi connectivity index (χ2n) is 10.9. The molecule has 1 aromatic carbocycles. The summed E-state index contributed by atoms with van der Waals surface area (Å²) in [6.07, 6.45) is 25.4. The number of nitrogens with one attached hydrogen (secondary N) is 1. The molecule has 1 aliphatic rings. The van der Waals surface area contributed by atoms with Crippen molar-refractivity contribution >= 4 is 22.7 Å². The molecule has 1 aliphatic carbocycles. The van der Waals surface area contributed by atoms with Crippen molar-refractivity contribution in [3.63, 3.8) is 0 Å². The van der Waals surface area contributed by atoms with E-state index in [2.05, 4.69) is 62.5 Å². The molecule has 2 nitrogen and oxygen atoms in total. The van der Waals surface area contributed by atoms with Gasteiger partial charge < -0.3 is 5.32 Å². The Morgan fingerprint density at radius 2 is 1.36 bits per heavy atom. The van der Waals surface area contributed by atoms with Gasteiger partial charge >= 0.3 is 0 Å². The molecule has 0 amide bonds. The Hall–Kier alpha value is -1.83. The summed E-state index contributed by atoms with van der Waals surface area (Å²) in [6, 6.07) is 8.59. The first-order chi connectivity index (χ1) is 16.1. The molecule has 0 aliphatic heterocycles. The lowest BCUT2D eigenvalue weighted by molar-refractivity contribution is 0.469. The highest BCUT2D eigenvalue weighted by Gasteiger charge is 2.24. The molecular formula is C31H48N2. The quantitative estimate of drug-likeness (QED) is 0.258. The predicted octanol–water partition coefficient (Wildman–Crippen LogP) is 9.72. The van der Waals surface area contributed by atoms with E-state index in [0.717, 1.165) is 18.5 Å². The van der Waals surface area contributed by atoms with Crippen molar-refractivity contribution in [1.29, 1.82) is 0 Å². The van der Waals surface area contributed by atoms with E-state index < -0.39 is 0 Å². The monoisotopic (exact) mass is 448 g/mol. The Labute approximate surface area is 203 Å². The largest absolute Gasteiger partial charge is 0.384 e. The Balaban J connectivity index is 1.33. The van der Waals surface area contributed by atoms with Gasteiger partial charge in [0.25, 0.3) is 0 Å². The number of unbranched alkanes of at least 4 members (excludes halogenated alkanes) is 13. The Bertz CT molecular complexity index is 865. The molecule has 1 aromatic heterocycles. The zero-order chi connectivity index (χ0) is 23.4. The minimum absolute atomic E-state index is 0.189. The average Bonchev–Trinajstić information content (AvgIpc) is 2.80. The number of hydrogen-bond donors (Lipinski definition) is 1. The fraction of sp³-hybridized carbons (Fsp3) is 0.645. The Morgan fingerprint density at radius 3 is 2.00 bits per heavy atom. The third-order valence-corrected chi connectivity index (χ3v) is 7.17. The molecule has 2 aromatic rings. The van der Waals surface area contributed by atoms with Crippen molar-refractivity contribution < 1.29 is 0 Å². The van der Waals surface area contributed by atoms with Crippen molar-refractivity contribution in [1.82, 2.24) is 4.98 Å². The number of fused-ring (bicyclic) bond motifs is 2. The van der Waals surface area contributed by atoms with Crippen LogP contribution in [0.4, 0.5) is 5.69 Å². The maximum Gasteiger partial charge on any atom is 0.0726 e. The standard InChI is InChI=1S/C31H48N2/c1-4-5-6-7-8-9-10-11-12-13-14-15-16-19-24-32-30-26-20-17-18-21-28(26)33-29-25-31(2,3)23-22-27(29)30/h17-18,20-23H,4-16,19,24-25H2,1-3H3,(H,32,33). The molecular weight excluding hydrogens is 400 g/mol. The second-order valence-corrected chi connectivity index (χ2v) is 10.9. The number of pyridine rings is 1. The summed E-state index contributed by atoms with van der Waals surface area (Å²) in [5, 5.41) is 5.05. The van der Waals surface area contributed by atoms with E-state index >= 15 is 0 Å². The fourth-order valence-corrected chi connectivity index (χ4v) is 5.11. The van der Waals surface area contributed by atoms with Gasteiger partial charge in [-0.15, -0.1) is 0 Å². The summed E-state index contributed by atoms with van der Waals surface area (Å²) in [5.41, 5.74) is 5.14. The van der Waals surface area contributed by atoms with Crippen molar-refractivity contribution in [3.05, 3.63) is 41.6 Å². The van der Waals surface area contributed by atoms with Crippen LogP contribution in [0, 0.1) is 5.41 Å². The van der Waals surface area contributed by atoms with E-state index in [9.17, 15) is 0 Å². The molecule has 0 fully saturated rings. The van der Waals surface area contributed by atoms with Crippen LogP contribution in [0.15, 0.2) is 30.3 Å². The number of para-hydroxylation sites is 1. The van der Waals surface area contributed by atoms with Gasteiger partial charge in [0.1, 0.15) is 0 Å².